The van der Waals surface area contributed by atoms with Crippen LogP contribution in [0.25, 0.3) is 0 Å². The fourth-order valence-corrected chi connectivity index (χ4v) is 3.64. The quantitative estimate of drug-likeness (QED) is 0.887. The molecule has 2 aliphatic rings. The van der Waals surface area contributed by atoms with E-state index in [1.54, 1.807) is 0 Å². The van der Waals surface area contributed by atoms with Crippen molar-refractivity contribution in [3.05, 3.63) is 29.3 Å². The maximum Gasteiger partial charge on any atom is 0.187 e. The lowest BCUT2D eigenvalue weighted by atomic mass is 9.85. The molecule has 0 amide bonds. The Balaban J connectivity index is 1.75. The highest BCUT2D eigenvalue weighted by atomic mass is 19.1. The zero-order chi connectivity index (χ0) is 13.4. The van der Waals surface area contributed by atoms with Gasteiger partial charge in [-0.2, -0.15) is 0 Å². The van der Waals surface area contributed by atoms with Crippen LogP contribution >= 0.6 is 0 Å². The van der Waals surface area contributed by atoms with Gasteiger partial charge in [-0.25, -0.2) is 8.78 Å². The van der Waals surface area contributed by atoms with Crippen LogP contribution in [0.5, 0.6) is 5.75 Å². The van der Waals surface area contributed by atoms with Crippen LogP contribution in [0.1, 0.15) is 37.7 Å². The molecular formula is C15H19F2NO. The number of hydrogen-bond acceptors (Lipinski definition) is 2. The topological polar surface area (TPSA) is 23.5 Å². The van der Waals surface area contributed by atoms with Crippen LogP contribution in [0.4, 0.5) is 8.78 Å². The average molecular weight is 267 g/mol. The second-order valence-electron chi connectivity index (χ2n) is 5.78. The highest BCUT2D eigenvalue weighted by Crippen LogP contribution is 2.37. The minimum atomic E-state index is -0.874. The molecular weight excluding hydrogens is 248 g/mol. The number of likely N-dealkylation sites (tertiary alicyclic amines) is 1. The van der Waals surface area contributed by atoms with Gasteiger partial charge in [0, 0.05) is 12.6 Å². The number of rotatable bonds is 2. The summed E-state index contributed by atoms with van der Waals surface area (Å²) in [5.74, 6) is -1.84. The molecule has 1 saturated carbocycles. The summed E-state index contributed by atoms with van der Waals surface area (Å²) in [6.45, 7) is 1.59. The Kier molecular flexibility index (Phi) is 3.44. The lowest BCUT2D eigenvalue weighted by Crippen LogP contribution is -2.34. The van der Waals surface area contributed by atoms with E-state index < -0.39 is 17.4 Å². The molecule has 0 spiro atoms. The lowest BCUT2D eigenvalue weighted by Gasteiger charge is -2.31. The van der Waals surface area contributed by atoms with Crippen molar-refractivity contribution in [3.8, 4) is 5.75 Å². The number of aromatic hydroxyl groups is 1. The molecule has 0 radical (unpaired) electrons. The van der Waals surface area contributed by atoms with Crippen molar-refractivity contribution in [2.75, 3.05) is 6.54 Å². The van der Waals surface area contributed by atoms with Crippen LogP contribution in [0.15, 0.2) is 12.1 Å². The molecule has 1 aliphatic carbocycles. The van der Waals surface area contributed by atoms with Gasteiger partial charge < -0.3 is 5.11 Å². The molecule has 2 atom stereocenters. The summed E-state index contributed by atoms with van der Waals surface area (Å²) in [4.78, 5) is 2.34. The van der Waals surface area contributed by atoms with Crippen LogP contribution < -0.4 is 0 Å². The van der Waals surface area contributed by atoms with Crippen molar-refractivity contribution < 1.29 is 13.9 Å². The number of fused-ring (bicyclic) bond motifs is 1. The van der Waals surface area contributed by atoms with Crippen LogP contribution in [-0.4, -0.2) is 22.6 Å². The molecule has 0 aromatic heterocycles. The summed E-state index contributed by atoms with van der Waals surface area (Å²) in [7, 11) is 0. The van der Waals surface area contributed by atoms with Crippen molar-refractivity contribution in [2.24, 2.45) is 5.92 Å². The van der Waals surface area contributed by atoms with E-state index in [0.717, 1.165) is 12.5 Å². The third kappa shape index (κ3) is 2.46. The first-order valence-corrected chi connectivity index (χ1v) is 7.06. The summed E-state index contributed by atoms with van der Waals surface area (Å²) in [6, 6.07) is 3.07. The second kappa shape index (κ2) is 5.08. The summed E-state index contributed by atoms with van der Waals surface area (Å²) in [5.41, 5.74) is 0.610. The molecule has 1 N–H and O–H groups in total. The summed E-state index contributed by atoms with van der Waals surface area (Å²) in [6.07, 6.45) is 6.27. The third-order valence-corrected chi connectivity index (χ3v) is 4.59. The molecule has 1 aromatic carbocycles. The van der Waals surface area contributed by atoms with E-state index in [-0.39, 0.29) is 0 Å². The first kappa shape index (κ1) is 12.9. The van der Waals surface area contributed by atoms with Gasteiger partial charge in [0.2, 0.25) is 0 Å². The monoisotopic (exact) mass is 267 g/mol. The predicted molar refractivity (Wildman–Crippen MR) is 68.8 cm³/mol. The summed E-state index contributed by atoms with van der Waals surface area (Å²) < 4.78 is 26.7. The molecule has 1 aromatic rings. The van der Waals surface area contributed by atoms with Crippen LogP contribution in [0, 0.1) is 17.6 Å². The molecule has 4 heteroatoms. The van der Waals surface area contributed by atoms with Crippen molar-refractivity contribution in [2.45, 2.75) is 44.7 Å². The Bertz CT molecular complexity index is 454. The minimum absolute atomic E-state index is 0.577. The predicted octanol–water partition coefficient (Wildman–Crippen LogP) is 3.43. The molecule has 3 rings (SSSR count). The van der Waals surface area contributed by atoms with E-state index >= 15 is 0 Å². The Morgan fingerprint density at radius 3 is 2.53 bits per heavy atom. The minimum Gasteiger partial charge on any atom is -0.503 e. The molecule has 1 saturated heterocycles. The highest BCUT2D eigenvalue weighted by Gasteiger charge is 2.35. The van der Waals surface area contributed by atoms with E-state index in [1.165, 1.54) is 44.2 Å². The first-order valence-electron chi connectivity index (χ1n) is 7.06. The fraction of sp³-hybridized carbons (Fsp3) is 0.600. The average Bonchev–Trinajstić information content (AvgIpc) is 2.79. The van der Waals surface area contributed by atoms with Crippen molar-refractivity contribution >= 4 is 0 Å². The molecule has 2 fully saturated rings. The van der Waals surface area contributed by atoms with Gasteiger partial charge in [-0.15, -0.1) is 0 Å². The van der Waals surface area contributed by atoms with Gasteiger partial charge in [-0.3, -0.25) is 4.90 Å². The Labute approximate surface area is 112 Å². The van der Waals surface area contributed by atoms with Gasteiger partial charge in [0.25, 0.3) is 0 Å². The van der Waals surface area contributed by atoms with Crippen LogP contribution in [-0.2, 0) is 6.54 Å². The van der Waals surface area contributed by atoms with Crippen LogP contribution in [0.2, 0.25) is 0 Å². The molecule has 19 heavy (non-hydrogen) atoms. The number of halogens is 2. The number of phenolic OH excluding ortho intramolecular Hbond substituents is 1. The zero-order valence-electron chi connectivity index (χ0n) is 10.9. The number of hydrogen-bond donors (Lipinski definition) is 1. The fourth-order valence-electron chi connectivity index (χ4n) is 3.64. The second-order valence-corrected chi connectivity index (χ2v) is 5.78. The largest absolute Gasteiger partial charge is 0.503 e. The summed E-state index contributed by atoms with van der Waals surface area (Å²) in [5, 5.41) is 9.12. The maximum atomic E-state index is 13.3. The van der Waals surface area contributed by atoms with Gasteiger partial charge in [-0.1, -0.05) is 12.8 Å². The van der Waals surface area contributed by atoms with E-state index in [1.807, 2.05) is 0 Å². The molecule has 1 heterocycles. The highest BCUT2D eigenvalue weighted by molar-refractivity contribution is 5.30. The van der Waals surface area contributed by atoms with Crippen molar-refractivity contribution in [1.29, 1.82) is 0 Å². The van der Waals surface area contributed by atoms with Gasteiger partial charge in [-0.05, 0) is 49.4 Å². The van der Waals surface area contributed by atoms with Crippen LogP contribution in [0.3, 0.4) is 0 Å². The smallest absolute Gasteiger partial charge is 0.187 e. The maximum absolute atomic E-state index is 13.3. The molecule has 1 aliphatic heterocycles. The van der Waals surface area contributed by atoms with Gasteiger partial charge in [0.15, 0.2) is 17.4 Å². The van der Waals surface area contributed by atoms with Gasteiger partial charge in [0.1, 0.15) is 0 Å². The van der Waals surface area contributed by atoms with Crippen molar-refractivity contribution in [3.63, 3.8) is 0 Å². The van der Waals surface area contributed by atoms with E-state index in [2.05, 4.69) is 4.90 Å². The number of phenols is 1. The van der Waals surface area contributed by atoms with E-state index in [4.69, 9.17) is 5.11 Å². The number of benzene rings is 1. The van der Waals surface area contributed by atoms with E-state index in [0.29, 0.717) is 18.2 Å². The molecule has 104 valence electrons. The molecule has 0 bridgehead atoms. The number of nitrogens with zero attached hydrogens (tertiary/aromatic N) is 1. The van der Waals surface area contributed by atoms with Crippen molar-refractivity contribution in [1.82, 2.24) is 4.90 Å². The Morgan fingerprint density at radius 1 is 1.11 bits per heavy atom. The first-order chi connectivity index (χ1) is 9.15. The SMILES string of the molecule is Oc1c(F)cc(CN2CCC3CCCCC32)cc1F. The lowest BCUT2D eigenvalue weighted by molar-refractivity contribution is 0.175. The normalized spacial score (nSPS) is 27.5. The Hall–Kier alpha value is -1.16. The zero-order valence-corrected chi connectivity index (χ0v) is 10.9. The van der Waals surface area contributed by atoms with E-state index in [9.17, 15) is 8.78 Å². The van der Waals surface area contributed by atoms with Gasteiger partial charge >= 0.3 is 0 Å². The Morgan fingerprint density at radius 2 is 1.79 bits per heavy atom. The molecule has 2 unspecified atom stereocenters. The summed E-state index contributed by atoms with van der Waals surface area (Å²) >= 11 is 0. The standard InChI is InChI=1S/C15H19F2NO/c16-12-7-10(8-13(17)15(12)19)9-18-6-5-11-3-1-2-4-14(11)18/h7-8,11,14,19H,1-6,9H2. The third-order valence-electron chi connectivity index (χ3n) is 4.59. The molecule has 2 nitrogen and oxygen atoms in total. The van der Waals surface area contributed by atoms with Gasteiger partial charge in [0.05, 0.1) is 0 Å².